The number of nitrogens with zero attached hydrogens (tertiary/aromatic N) is 2. The first-order chi connectivity index (χ1) is 10.1. The lowest BCUT2D eigenvalue weighted by Crippen LogP contribution is -2.23. The summed E-state index contributed by atoms with van der Waals surface area (Å²) in [6.45, 7) is 4.26. The van der Waals surface area contributed by atoms with Crippen molar-refractivity contribution in [2.75, 3.05) is 12.3 Å². The second kappa shape index (κ2) is 7.40. The summed E-state index contributed by atoms with van der Waals surface area (Å²) in [4.78, 5) is 21.6. The molecule has 0 saturated heterocycles. The van der Waals surface area contributed by atoms with Gasteiger partial charge in [0.15, 0.2) is 5.13 Å². The van der Waals surface area contributed by atoms with E-state index in [-0.39, 0.29) is 18.4 Å². The number of nitrogen functional groups attached to an aromatic ring is 1. The standard InChI is InChI=1S/C14H21N3O3S/c1-3-19-13(18)12(11-8-21-14(15)16-11)17-20-10-6-4-9(2)5-7-10/h8-10H,3-7H2,1-2H3,(H2,15,16)/t9-,10-. The van der Waals surface area contributed by atoms with Gasteiger partial charge in [-0.05, 0) is 38.5 Å². The van der Waals surface area contributed by atoms with Gasteiger partial charge < -0.3 is 15.3 Å². The van der Waals surface area contributed by atoms with E-state index in [4.69, 9.17) is 15.3 Å². The van der Waals surface area contributed by atoms with Crippen LogP contribution in [0.3, 0.4) is 0 Å². The molecule has 0 atom stereocenters. The molecule has 0 aliphatic heterocycles. The van der Waals surface area contributed by atoms with Gasteiger partial charge in [0.2, 0.25) is 5.71 Å². The van der Waals surface area contributed by atoms with Gasteiger partial charge >= 0.3 is 5.97 Å². The first-order valence-electron chi connectivity index (χ1n) is 7.22. The highest BCUT2D eigenvalue weighted by Crippen LogP contribution is 2.26. The summed E-state index contributed by atoms with van der Waals surface area (Å²) in [5, 5.41) is 6.07. The zero-order valence-electron chi connectivity index (χ0n) is 12.4. The number of ether oxygens (including phenoxy) is 1. The Labute approximate surface area is 128 Å². The maximum Gasteiger partial charge on any atom is 0.362 e. The van der Waals surface area contributed by atoms with Crippen LogP contribution in [0.1, 0.15) is 45.2 Å². The summed E-state index contributed by atoms with van der Waals surface area (Å²) in [5.41, 5.74) is 6.09. The number of hydrogen-bond donors (Lipinski definition) is 1. The van der Waals surface area contributed by atoms with E-state index in [1.165, 1.54) is 11.3 Å². The first-order valence-corrected chi connectivity index (χ1v) is 8.10. The highest BCUT2D eigenvalue weighted by molar-refractivity contribution is 7.13. The van der Waals surface area contributed by atoms with E-state index in [2.05, 4.69) is 17.1 Å². The van der Waals surface area contributed by atoms with E-state index < -0.39 is 5.97 Å². The summed E-state index contributed by atoms with van der Waals surface area (Å²) >= 11 is 1.25. The van der Waals surface area contributed by atoms with E-state index in [9.17, 15) is 4.79 Å². The number of carbonyl (C=O) groups excluding carboxylic acids is 1. The largest absolute Gasteiger partial charge is 0.461 e. The topological polar surface area (TPSA) is 86.8 Å². The van der Waals surface area contributed by atoms with E-state index >= 15 is 0 Å². The Balaban J connectivity index is 2.07. The fourth-order valence-corrected chi connectivity index (χ4v) is 2.79. The summed E-state index contributed by atoms with van der Waals surface area (Å²) in [5.74, 6) is 0.198. The second-order valence-electron chi connectivity index (χ2n) is 5.22. The Morgan fingerprint density at radius 1 is 1.48 bits per heavy atom. The lowest BCUT2D eigenvalue weighted by atomic mass is 9.89. The minimum Gasteiger partial charge on any atom is -0.461 e. The van der Waals surface area contributed by atoms with Crippen LogP contribution in [-0.2, 0) is 14.4 Å². The molecule has 1 aliphatic carbocycles. The zero-order valence-corrected chi connectivity index (χ0v) is 13.2. The number of nitrogens with two attached hydrogens (primary N) is 1. The molecule has 0 unspecified atom stereocenters. The smallest absolute Gasteiger partial charge is 0.362 e. The van der Waals surface area contributed by atoms with E-state index in [0.29, 0.717) is 10.8 Å². The van der Waals surface area contributed by atoms with Gasteiger partial charge in [-0.3, -0.25) is 0 Å². The molecule has 2 N–H and O–H groups in total. The monoisotopic (exact) mass is 311 g/mol. The third-order valence-electron chi connectivity index (χ3n) is 3.49. The van der Waals surface area contributed by atoms with Gasteiger partial charge in [-0.25, -0.2) is 9.78 Å². The van der Waals surface area contributed by atoms with Crippen molar-refractivity contribution in [2.45, 2.75) is 45.6 Å². The van der Waals surface area contributed by atoms with Crippen LogP contribution >= 0.6 is 11.3 Å². The molecule has 21 heavy (non-hydrogen) atoms. The molecule has 1 aliphatic rings. The maximum atomic E-state index is 12.0. The SMILES string of the molecule is CCOC(=O)C(=NO[C@H]1CC[C@H](C)CC1)c1csc(N)n1. The molecular formula is C14H21N3O3S. The van der Waals surface area contributed by atoms with E-state index in [1.54, 1.807) is 12.3 Å². The average Bonchev–Trinajstić information content (AvgIpc) is 2.88. The van der Waals surface area contributed by atoms with Crippen LogP contribution in [0.25, 0.3) is 0 Å². The van der Waals surface area contributed by atoms with Crippen LogP contribution in [0.4, 0.5) is 5.13 Å². The van der Waals surface area contributed by atoms with Crippen molar-refractivity contribution in [3.8, 4) is 0 Å². The van der Waals surface area contributed by atoms with Gasteiger partial charge in [0.25, 0.3) is 0 Å². The third-order valence-corrected chi connectivity index (χ3v) is 4.16. The molecule has 7 heteroatoms. The highest BCUT2D eigenvalue weighted by Gasteiger charge is 2.23. The quantitative estimate of drug-likeness (QED) is 0.513. The number of esters is 1. The summed E-state index contributed by atoms with van der Waals surface area (Å²) < 4.78 is 5.00. The van der Waals surface area contributed by atoms with Gasteiger partial charge in [-0.15, -0.1) is 11.3 Å². The van der Waals surface area contributed by atoms with Gasteiger partial charge in [0, 0.05) is 5.38 Å². The van der Waals surface area contributed by atoms with E-state index in [0.717, 1.165) is 31.6 Å². The number of thiazole rings is 1. The van der Waals surface area contributed by atoms with Gasteiger partial charge in [-0.1, -0.05) is 12.1 Å². The first kappa shape index (κ1) is 15.8. The Bertz CT molecular complexity index is 507. The minimum absolute atomic E-state index is 0.0570. The molecular weight excluding hydrogens is 290 g/mol. The highest BCUT2D eigenvalue weighted by atomic mass is 32.1. The van der Waals surface area contributed by atoms with Crippen molar-refractivity contribution < 1.29 is 14.4 Å². The molecule has 2 rings (SSSR count). The average molecular weight is 311 g/mol. The summed E-state index contributed by atoms with van der Waals surface area (Å²) in [6.07, 6.45) is 4.22. The van der Waals surface area contributed by atoms with Crippen molar-refractivity contribution in [3.63, 3.8) is 0 Å². The summed E-state index contributed by atoms with van der Waals surface area (Å²) in [7, 11) is 0. The Morgan fingerprint density at radius 2 is 2.19 bits per heavy atom. The van der Waals surface area contributed by atoms with Crippen LogP contribution in [0.2, 0.25) is 0 Å². The maximum absolute atomic E-state index is 12.0. The van der Waals surface area contributed by atoms with Crippen molar-refractivity contribution in [3.05, 3.63) is 11.1 Å². The molecule has 0 amide bonds. The number of anilines is 1. The van der Waals surface area contributed by atoms with Crippen LogP contribution in [0.15, 0.2) is 10.5 Å². The summed E-state index contributed by atoms with van der Waals surface area (Å²) in [6, 6.07) is 0. The molecule has 116 valence electrons. The fourth-order valence-electron chi connectivity index (χ4n) is 2.25. The molecule has 0 aromatic carbocycles. The Hall–Kier alpha value is -1.63. The zero-order chi connectivity index (χ0) is 15.2. The lowest BCUT2D eigenvalue weighted by molar-refractivity contribution is -0.135. The number of oxime groups is 1. The molecule has 1 aromatic heterocycles. The molecule has 1 saturated carbocycles. The van der Waals surface area contributed by atoms with Crippen LogP contribution in [0.5, 0.6) is 0 Å². The number of rotatable bonds is 5. The normalized spacial score (nSPS) is 22.9. The predicted octanol–water partition coefficient (Wildman–Crippen LogP) is 2.59. The van der Waals surface area contributed by atoms with Gasteiger partial charge in [0.05, 0.1) is 6.61 Å². The van der Waals surface area contributed by atoms with Crippen molar-refractivity contribution in [2.24, 2.45) is 11.1 Å². The van der Waals surface area contributed by atoms with Gasteiger partial charge in [-0.2, -0.15) is 0 Å². The molecule has 0 spiro atoms. The minimum atomic E-state index is -0.535. The predicted molar refractivity (Wildman–Crippen MR) is 82.2 cm³/mol. The van der Waals surface area contributed by atoms with Gasteiger partial charge in [0.1, 0.15) is 11.8 Å². The molecule has 1 heterocycles. The number of carbonyl (C=O) groups is 1. The van der Waals surface area contributed by atoms with Crippen LogP contribution in [0, 0.1) is 5.92 Å². The number of aromatic nitrogens is 1. The lowest BCUT2D eigenvalue weighted by Gasteiger charge is -2.24. The molecule has 6 nitrogen and oxygen atoms in total. The molecule has 0 radical (unpaired) electrons. The Morgan fingerprint density at radius 3 is 2.76 bits per heavy atom. The van der Waals surface area contributed by atoms with Crippen molar-refractivity contribution in [1.29, 1.82) is 0 Å². The third kappa shape index (κ3) is 4.42. The van der Waals surface area contributed by atoms with Crippen LogP contribution in [-0.4, -0.2) is 29.4 Å². The number of hydrogen-bond acceptors (Lipinski definition) is 7. The van der Waals surface area contributed by atoms with E-state index in [1.807, 2.05) is 0 Å². The second-order valence-corrected chi connectivity index (χ2v) is 6.11. The Kier molecular flexibility index (Phi) is 5.55. The molecule has 1 aromatic rings. The van der Waals surface area contributed by atoms with Crippen molar-refractivity contribution in [1.82, 2.24) is 4.98 Å². The molecule has 1 fully saturated rings. The van der Waals surface area contributed by atoms with Crippen LogP contribution < -0.4 is 5.73 Å². The fraction of sp³-hybridized carbons (Fsp3) is 0.643. The molecule has 0 bridgehead atoms. The van der Waals surface area contributed by atoms with Crippen molar-refractivity contribution >= 4 is 28.1 Å².